The van der Waals surface area contributed by atoms with Crippen molar-refractivity contribution in [1.29, 1.82) is 0 Å². The molecule has 2 heterocycles. The molecule has 0 aliphatic carbocycles. The maximum absolute atomic E-state index is 6.04. The Bertz CT molecular complexity index is 398. The van der Waals surface area contributed by atoms with Crippen molar-refractivity contribution in [2.75, 3.05) is 45.8 Å². The van der Waals surface area contributed by atoms with Gasteiger partial charge in [-0.25, -0.2) is 0 Å². The van der Waals surface area contributed by atoms with Crippen LogP contribution in [0.1, 0.15) is 61.8 Å². The van der Waals surface area contributed by atoms with Crippen molar-refractivity contribution in [1.82, 2.24) is 14.7 Å². The first-order valence-corrected chi connectivity index (χ1v) is 10.3. The second-order valence-electron chi connectivity index (χ2n) is 10.5. The number of nitrogens with zero attached hydrogens (tertiary/aromatic N) is 3. The Balaban J connectivity index is 1.64. The first-order chi connectivity index (χ1) is 11.4. The van der Waals surface area contributed by atoms with E-state index in [1.807, 2.05) is 0 Å². The molecule has 0 N–H and O–H groups in total. The number of likely N-dealkylation sites (tertiary alicyclic amines) is 1. The van der Waals surface area contributed by atoms with E-state index < -0.39 is 0 Å². The molecule has 2 fully saturated rings. The summed E-state index contributed by atoms with van der Waals surface area (Å²) < 4.78 is 6.04. The third kappa shape index (κ3) is 6.82. The quantitative estimate of drug-likeness (QED) is 0.729. The molecule has 2 unspecified atom stereocenters. The second kappa shape index (κ2) is 8.24. The van der Waals surface area contributed by atoms with Crippen molar-refractivity contribution in [3.8, 4) is 0 Å². The number of rotatable bonds is 6. The molecule has 148 valence electrons. The lowest BCUT2D eigenvalue weighted by molar-refractivity contribution is -0.126. The molecule has 0 aromatic heterocycles. The van der Waals surface area contributed by atoms with Gasteiger partial charge in [-0.1, -0.05) is 6.92 Å². The summed E-state index contributed by atoms with van der Waals surface area (Å²) in [4.78, 5) is 7.88. The van der Waals surface area contributed by atoms with Crippen molar-refractivity contribution in [3.05, 3.63) is 0 Å². The van der Waals surface area contributed by atoms with Gasteiger partial charge in [0.2, 0.25) is 0 Å². The molecule has 4 heteroatoms. The van der Waals surface area contributed by atoms with Crippen LogP contribution in [0.15, 0.2) is 0 Å². The summed E-state index contributed by atoms with van der Waals surface area (Å²) in [5, 5.41) is 0. The van der Waals surface area contributed by atoms with Crippen LogP contribution in [0.3, 0.4) is 0 Å². The fourth-order valence-electron chi connectivity index (χ4n) is 4.33. The van der Waals surface area contributed by atoms with Crippen molar-refractivity contribution >= 4 is 0 Å². The summed E-state index contributed by atoms with van der Waals surface area (Å²) in [5.41, 5.74) is 0.303. The number of ether oxygens (including phenoxy) is 1. The molecule has 0 bridgehead atoms. The van der Waals surface area contributed by atoms with Gasteiger partial charge in [0, 0.05) is 57.4 Å². The molecule has 0 amide bonds. The maximum atomic E-state index is 6.04. The SMILES string of the molecule is CC(CC(C)N1CCN(C(C)(C)C)CC1)CN1CC(OC(C)(C)C)C1. The molecule has 2 atom stereocenters. The van der Waals surface area contributed by atoms with Crippen molar-refractivity contribution in [2.24, 2.45) is 5.92 Å². The topological polar surface area (TPSA) is 19.0 Å². The van der Waals surface area contributed by atoms with Gasteiger partial charge in [0.05, 0.1) is 11.7 Å². The summed E-state index contributed by atoms with van der Waals surface area (Å²) in [5.74, 6) is 0.756. The molecule has 4 nitrogen and oxygen atoms in total. The Labute approximate surface area is 156 Å². The van der Waals surface area contributed by atoms with E-state index in [4.69, 9.17) is 4.74 Å². The first-order valence-electron chi connectivity index (χ1n) is 10.3. The fourth-order valence-corrected chi connectivity index (χ4v) is 4.33. The van der Waals surface area contributed by atoms with E-state index in [-0.39, 0.29) is 5.60 Å². The zero-order chi connectivity index (χ0) is 18.8. The molecule has 0 aromatic carbocycles. The van der Waals surface area contributed by atoms with Crippen LogP contribution in [0.25, 0.3) is 0 Å². The van der Waals surface area contributed by atoms with Crippen molar-refractivity contribution < 1.29 is 4.74 Å². The van der Waals surface area contributed by atoms with Gasteiger partial charge < -0.3 is 4.74 Å². The van der Waals surface area contributed by atoms with Crippen LogP contribution in [-0.2, 0) is 4.74 Å². The van der Waals surface area contributed by atoms with E-state index in [9.17, 15) is 0 Å². The Kier molecular flexibility index (Phi) is 6.97. The second-order valence-corrected chi connectivity index (χ2v) is 10.5. The monoisotopic (exact) mass is 353 g/mol. The minimum atomic E-state index is -0.00785. The van der Waals surface area contributed by atoms with Crippen LogP contribution < -0.4 is 0 Å². The average Bonchev–Trinajstić information content (AvgIpc) is 2.42. The van der Waals surface area contributed by atoms with Crippen LogP contribution in [0.2, 0.25) is 0 Å². The van der Waals surface area contributed by atoms with Gasteiger partial charge in [0.25, 0.3) is 0 Å². The lowest BCUT2D eigenvalue weighted by Gasteiger charge is -2.45. The normalized spacial score (nSPS) is 25.0. The minimum absolute atomic E-state index is 0.00785. The van der Waals surface area contributed by atoms with Gasteiger partial charge in [-0.05, 0) is 60.8 Å². The molecule has 2 saturated heterocycles. The zero-order valence-corrected chi connectivity index (χ0v) is 18.1. The van der Waals surface area contributed by atoms with Crippen LogP contribution in [0.5, 0.6) is 0 Å². The molecule has 2 aliphatic rings. The first kappa shape index (κ1) is 21.1. The average molecular weight is 354 g/mol. The number of hydrogen-bond donors (Lipinski definition) is 0. The maximum Gasteiger partial charge on any atom is 0.0835 e. The van der Waals surface area contributed by atoms with E-state index in [1.165, 1.54) is 39.1 Å². The van der Waals surface area contributed by atoms with Gasteiger partial charge in [-0.15, -0.1) is 0 Å². The molecule has 0 aromatic rings. The summed E-state index contributed by atoms with van der Waals surface area (Å²) in [6, 6.07) is 0.694. The lowest BCUT2D eigenvalue weighted by Crippen LogP contribution is -2.56. The predicted molar refractivity (Wildman–Crippen MR) is 107 cm³/mol. The zero-order valence-electron chi connectivity index (χ0n) is 18.1. The van der Waals surface area contributed by atoms with Gasteiger partial charge in [0.1, 0.15) is 0 Å². The van der Waals surface area contributed by atoms with Gasteiger partial charge in [-0.2, -0.15) is 0 Å². The van der Waals surface area contributed by atoms with Crippen LogP contribution in [0.4, 0.5) is 0 Å². The van der Waals surface area contributed by atoms with Crippen molar-refractivity contribution in [3.63, 3.8) is 0 Å². The molecule has 2 aliphatic heterocycles. The molecular weight excluding hydrogens is 310 g/mol. The van der Waals surface area contributed by atoms with E-state index in [2.05, 4.69) is 70.1 Å². The summed E-state index contributed by atoms with van der Waals surface area (Å²) in [6.07, 6.45) is 1.74. The molecule has 0 radical (unpaired) electrons. The van der Waals surface area contributed by atoms with Gasteiger partial charge in [-0.3, -0.25) is 14.7 Å². The minimum Gasteiger partial charge on any atom is -0.370 e. The summed E-state index contributed by atoms with van der Waals surface area (Å²) in [7, 11) is 0. The molecule has 0 spiro atoms. The Morgan fingerprint density at radius 2 is 1.48 bits per heavy atom. The van der Waals surface area contributed by atoms with E-state index in [0.717, 1.165) is 19.0 Å². The standard InChI is InChI=1S/C21H43N3O/c1-17(14-22-15-19(16-22)25-21(6,7)8)13-18(2)23-9-11-24(12-10-23)20(3,4)5/h17-19H,9-16H2,1-8H3. The highest BCUT2D eigenvalue weighted by Crippen LogP contribution is 2.23. The smallest absolute Gasteiger partial charge is 0.0835 e. The molecule has 25 heavy (non-hydrogen) atoms. The highest BCUT2D eigenvalue weighted by Gasteiger charge is 2.32. The lowest BCUT2D eigenvalue weighted by atomic mass is 9.98. The van der Waals surface area contributed by atoms with Gasteiger partial charge in [0.15, 0.2) is 0 Å². The van der Waals surface area contributed by atoms with Crippen molar-refractivity contribution in [2.45, 2.75) is 85.1 Å². The van der Waals surface area contributed by atoms with Crippen LogP contribution in [-0.4, -0.2) is 83.8 Å². The van der Waals surface area contributed by atoms with E-state index in [1.54, 1.807) is 0 Å². The number of hydrogen-bond acceptors (Lipinski definition) is 4. The highest BCUT2D eigenvalue weighted by atomic mass is 16.5. The largest absolute Gasteiger partial charge is 0.370 e. The highest BCUT2D eigenvalue weighted by molar-refractivity contribution is 4.86. The molecular formula is C21H43N3O. The van der Waals surface area contributed by atoms with E-state index >= 15 is 0 Å². The van der Waals surface area contributed by atoms with Gasteiger partial charge >= 0.3 is 0 Å². The summed E-state index contributed by atoms with van der Waals surface area (Å²) >= 11 is 0. The Hall–Kier alpha value is -0.160. The van der Waals surface area contributed by atoms with E-state index in [0.29, 0.717) is 17.7 Å². The number of piperazine rings is 1. The third-order valence-corrected chi connectivity index (χ3v) is 5.64. The predicted octanol–water partition coefficient (Wildman–Crippen LogP) is 3.32. The van der Waals surface area contributed by atoms with Crippen LogP contribution in [0, 0.1) is 5.92 Å². The summed E-state index contributed by atoms with van der Waals surface area (Å²) in [6.45, 7) is 26.6. The Morgan fingerprint density at radius 3 is 1.96 bits per heavy atom. The Morgan fingerprint density at radius 1 is 0.920 bits per heavy atom. The third-order valence-electron chi connectivity index (χ3n) is 5.64. The fraction of sp³-hybridized carbons (Fsp3) is 1.00. The molecule has 0 saturated carbocycles. The van der Waals surface area contributed by atoms with Crippen LogP contribution >= 0.6 is 0 Å². The molecule has 2 rings (SSSR count).